The Hall–Kier alpha value is -4.19. The van der Waals surface area contributed by atoms with Gasteiger partial charge in [-0.3, -0.25) is 0 Å². The van der Waals surface area contributed by atoms with Crippen molar-refractivity contribution in [3.63, 3.8) is 0 Å². The molecule has 7 heteroatoms. The number of benzene rings is 1. The number of carboxylic acid groups (broad SMARTS) is 1. The molecule has 6 rings (SSSR count). The van der Waals surface area contributed by atoms with E-state index in [0.29, 0.717) is 0 Å². The van der Waals surface area contributed by atoms with Gasteiger partial charge in [0, 0.05) is 44.7 Å². The van der Waals surface area contributed by atoms with Gasteiger partial charge < -0.3 is 15.1 Å². The van der Waals surface area contributed by atoms with Crippen molar-refractivity contribution in [2.24, 2.45) is 0 Å². The van der Waals surface area contributed by atoms with Crippen molar-refractivity contribution >= 4 is 52.3 Å². The van der Waals surface area contributed by atoms with Crippen molar-refractivity contribution in [3.05, 3.63) is 95.1 Å². The zero-order chi connectivity index (χ0) is 22.4. The molecular formula is C27H18MnN4O2. The number of aromatic nitrogens is 4. The van der Waals surface area contributed by atoms with Crippen LogP contribution >= 0.6 is 0 Å². The van der Waals surface area contributed by atoms with Gasteiger partial charge in [-0.25, -0.2) is 14.8 Å². The maximum Gasteiger partial charge on any atom is 0.335 e. The van der Waals surface area contributed by atoms with Crippen molar-refractivity contribution in [2.75, 3.05) is 0 Å². The molecule has 4 aromatic rings. The topological polar surface area (TPSA) is 94.7 Å². The maximum absolute atomic E-state index is 11.2. The number of aromatic amines is 2. The molecule has 0 spiro atoms. The Morgan fingerprint density at radius 2 is 1.18 bits per heavy atom. The second kappa shape index (κ2) is 8.63. The summed E-state index contributed by atoms with van der Waals surface area (Å²) in [4.78, 5) is 27.5. The third-order valence-corrected chi connectivity index (χ3v) is 5.61. The Kier molecular flexibility index (Phi) is 5.49. The summed E-state index contributed by atoms with van der Waals surface area (Å²) in [6.45, 7) is 0. The van der Waals surface area contributed by atoms with E-state index < -0.39 is 5.97 Å². The van der Waals surface area contributed by atoms with Gasteiger partial charge in [0.05, 0.1) is 28.3 Å². The zero-order valence-corrected chi connectivity index (χ0v) is 19.0. The minimum Gasteiger partial charge on any atom is -0.478 e. The summed E-state index contributed by atoms with van der Waals surface area (Å²) in [5.74, 6) is -0.942. The number of nitrogens with zero attached hydrogens (tertiary/aromatic N) is 2. The van der Waals surface area contributed by atoms with Crippen LogP contribution in [-0.2, 0) is 17.1 Å². The maximum atomic E-state index is 11.2. The van der Waals surface area contributed by atoms with Gasteiger partial charge in [-0.2, -0.15) is 0 Å². The van der Waals surface area contributed by atoms with E-state index in [1.807, 2.05) is 78.9 Å². The SMILES string of the molecule is O=C(O)c1ccc(-c2cc3cc4nc(cc5ccc(cc6nc(cc2[nH]3)C=C6)[nH]5)C=C4)cc1.[Mn]. The monoisotopic (exact) mass is 485 g/mol. The van der Waals surface area contributed by atoms with Crippen molar-refractivity contribution in [1.29, 1.82) is 0 Å². The molecular weight excluding hydrogens is 467 g/mol. The molecule has 3 aromatic heterocycles. The number of fused-ring (bicyclic) bond motifs is 8. The molecule has 2 aliphatic heterocycles. The van der Waals surface area contributed by atoms with E-state index in [-0.39, 0.29) is 22.6 Å². The summed E-state index contributed by atoms with van der Waals surface area (Å²) < 4.78 is 0. The van der Waals surface area contributed by atoms with Gasteiger partial charge in [0.2, 0.25) is 0 Å². The van der Waals surface area contributed by atoms with E-state index in [0.717, 1.165) is 56.0 Å². The Morgan fingerprint density at radius 3 is 1.74 bits per heavy atom. The molecule has 165 valence electrons. The fourth-order valence-electron chi connectivity index (χ4n) is 4.05. The van der Waals surface area contributed by atoms with Gasteiger partial charge in [-0.15, -0.1) is 0 Å². The van der Waals surface area contributed by atoms with Crippen molar-refractivity contribution in [3.8, 4) is 11.1 Å². The first-order valence-electron chi connectivity index (χ1n) is 10.5. The third-order valence-electron chi connectivity index (χ3n) is 5.61. The molecule has 0 amide bonds. The van der Waals surface area contributed by atoms with Crippen molar-refractivity contribution < 1.29 is 27.0 Å². The molecule has 3 N–H and O–H groups in total. The first-order valence-corrected chi connectivity index (χ1v) is 10.5. The summed E-state index contributed by atoms with van der Waals surface area (Å²) in [7, 11) is 0. The van der Waals surface area contributed by atoms with E-state index in [1.165, 1.54) is 0 Å². The van der Waals surface area contributed by atoms with Crippen LogP contribution in [0.2, 0.25) is 0 Å². The van der Waals surface area contributed by atoms with Gasteiger partial charge >= 0.3 is 5.97 Å². The minimum absolute atomic E-state index is 0. The summed E-state index contributed by atoms with van der Waals surface area (Å²) in [6, 6.07) is 21.0. The molecule has 6 nitrogen and oxygen atoms in total. The Morgan fingerprint density at radius 1 is 0.647 bits per heavy atom. The molecule has 0 unspecified atom stereocenters. The molecule has 0 atom stereocenters. The van der Waals surface area contributed by atoms with Gasteiger partial charge in [0.15, 0.2) is 0 Å². The first-order chi connectivity index (χ1) is 16.1. The minimum atomic E-state index is -0.942. The molecule has 0 saturated heterocycles. The molecule has 0 fully saturated rings. The van der Waals surface area contributed by atoms with E-state index in [9.17, 15) is 9.90 Å². The fraction of sp³-hybridized carbons (Fsp3) is 0. The fourth-order valence-corrected chi connectivity index (χ4v) is 4.05. The van der Waals surface area contributed by atoms with Crippen LogP contribution in [0.3, 0.4) is 0 Å². The number of rotatable bonds is 2. The molecule has 0 saturated carbocycles. The standard InChI is InChI=1S/C27H18N4O2.Mn/c32-27(33)17-3-1-16(2-4-17)25-14-24-13-22-8-7-20(29-22)11-18-5-6-19(28-18)12-21-9-10-23(30-21)15-26(25)31-24;/h1-15,28,31H,(H,32,33);. The summed E-state index contributed by atoms with van der Waals surface area (Å²) in [5, 5.41) is 9.23. The molecule has 8 bridgehead atoms. The summed E-state index contributed by atoms with van der Waals surface area (Å²) >= 11 is 0. The number of nitrogens with one attached hydrogen (secondary N) is 2. The predicted molar refractivity (Wildman–Crippen MR) is 131 cm³/mol. The number of hydrogen-bond donors (Lipinski definition) is 3. The Bertz CT molecular complexity index is 1640. The molecule has 1 radical (unpaired) electrons. The zero-order valence-electron chi connectivity index (χ0n) is 17.8. The quantitative estimate of drug-likeness (QED) is 0.262. The first kappa shape index (κ1) is 21.6. The van der Waals surface area contributed by atoms with Crippen molar-refractivity contribution in [1.82, 2.24) is 19.9 Å². The second-order valence-electron chi connectivity index (χ2n) is 7.97. The predicted octanol–water partition coefficient (Wildman–Crippen LogP) is 6.02. The molecule has 0 aliphatic carbocycles. The average Bonchev–Trinajstić information content (AvgIpc) is 3.59. The van der Waals surface area contributed by atoms with Crippen LogP contribution in [0.1, 0.15) is 33.1 Å². The van der Waals surface area contributed by atoms with Crippen LogP contribution < -0.4 is 0 Å². The van der Waals surface area contributed by atoms with Crippen molar-refractivity contribution in [2.45, 2.75) is 0 Å². The van der Waals surface area contributed by atoms with Gasteiger partial charge in [0.25, 0.3) is 0 Å². The van der Waals surface area contributed by atoms with Crippen LogP contribution in [0.4, 0.5) is 0 Å². The van der Waals surface area contributed by atoms with E-state index in [4.69, 9.17) is 9.97 Å². The average molecular weight is 485 g/mol. The van der Waals surface area contributed by atoms with Crippen LogP contribution in [0.5, 0.6) is 0 Å². The second-order valence-corrected chi connectivity index (χ2v) is 7.97. The van der Waals surface area contributed by atoms with Crippen LogP contribution in [-0.4, -0.2) is 31.0 Å². The summed E-state index contributed by atoms with van der Waals surface area (Å²) in [6.07, 6.45) is 7.93. The van der Waals surface area contributed by atoms with Crippen LogP contribution in [0.15, 0.2) is 66.7 Å². The summed E-state index contributed by atoms with van der Waals surface area (Å²) in [5.41, 5.74) is 9.29. The largest absolute Gasteiger partial charge is 0.478 e. The molecule has 1 aromatic carbocycles. The number of hydrogen-bond acceptors (Lipinski definition) is 3. The molecule has 5 heterocycles. The van der Waals surface area contributed by atoms with Gasteiger partial charge in [-0.05, 0) is 84.5 Å². The Labute approximate surface area is 205 Å². The number of aromatic carboxylic acids is 1. The van der Waals surface area contributed by atoms with Crippen LogP contribution in [0.25, 0.3) is 57.5 Å². The smallest absolute Gasteiger partial charge is 0.335 e. The number of H-pyrrole nitrogens is 2. The number of carboxylic acids is 1. The van der Waals surface area contributed by atoms with Crippen LogP contribution in [0, 0.1) is 0 Å². The molecule has 2 aliphatic rings. The van der Waals surface area contributed by atoms with Gasteiger partial charge in [0.1, 0.15) is 0 Å². The van der Waals surface area contributed by atoms with Gasteiger partial charge in [-0.1, -0.05) is 12.1 Å². The van der Waals surface area contributed by atoms with E-state index in [1.54, 1.807) is 12.1 Å². The normalized spacial score (nSPS) is 11.9. The number of carbonyl (C=O) groups is 1. The van der Waals surface area contributed by atoms with E-state index >= 15 is 0 Å². The van der Waals surface area contributed by atoms with E-state index in [2.05, 4.69) is 9.97 Å². The molecule has 34 heavy (non-hydrogen) atoms. The Balaban J connectivity index is 0.00000241. The third kappa shape index (κ3) is 4.22.